The standard InChI is InChI=1S/C20H22BrNO2/c1-13(2)7-4-3-5-12-22-19(23)15-9-6-8-14-17(21)11-10-16(18(14)15)20(22)24/h6,8-11,13H,3-5,7,12H2,1-2H3. The average molecular weight is 388 g/mol. The number of amides is 2. The number of nitrogens with zero attached hydrogens (tertiary/aromatic N) is 1. The molecule has 0 fully saturated rings. The van der Waals surface area contributed by atoms with Crippen LogP contribution in [0.3, 0.4) is 0 Å². The fraction of sp³-hybridized carbons (Fsp3) is 0.400. The van der Waals surface area contributed by atoms with Gasteiger partial charge in [0.25, 0.3) is 11.8 Å². The van der Waals surface area contributed by atoms with E-state index in [1.165, 1.54) is 11.3 Å². The van der Waals surface area contributed by atoms with E-state index in [0.717, 1.165) is 34.5 Å². The lowest BCUT2D eigenvalue weighted by atomic mass is 9.94. The van der Waals surface area contributed by atoms with Crippen LogP contribution in [0.15, 0.2) is 34.8 Å². The molecule has 3 rings (SSSR count). The Morgan fingerprint density at radius 3 is 2.38 bits per heavy atom. The third-order valence-electron chi connectivity index (χ3n) is 4.60. The van der Waals surface area contributed by atoms with Crippen LogP contribution >= 0.6 is 15.9 Å². The lowest BCUT2D eigenvalue weighted by Gasteiger charge is -2.27. The highest BCUT2D eigenvalue weighted by atomic mass is 79.9. The number of carbonyl (C=O) groups is 2. The number of hydrogen-bond acceptors (Lipinski definition) is 2. The minimum Gasteiger partial charge on any atom is -0.274 e. The maximum Gasteiger partial charge on any atom is 0.261 e. The molecule has 2 aromatic rings. The Labute approximate surface area is 151 Å². The monoisotopic (exact) mass is 387 g/mol. The van der Waals surface area contributed by atoms with Crippen molar-refractivity contribution < 1.29 is 9.59 Å². The van der Waals surface area contributed by atoms with E-state index in [0.29, 0.717) is 23.6 Å². The zero-order chi connectivity index (χ0) is 17.3. The summed E-state index contributed by atoms with van der Waals surface area (Å²) in [6, 6.07) is 9.33. The van der Waals surface area contributed by atoms with Crippen LogP contribution in [0.5, 0.6) is 0 Å². The first-order valence-corrected chi connectivity index (χ1v) is 9.37. The SMILES string of the molecule is CC(C)CCCCCN1C(=O)c2cccc3c(Br)ccc(c23)C1=O. The average Bonchev–Trinajstić information content (AvgIpc) is 2.56. The van der Waals surface area contributed by atoms with E-state index in [-0.39, 0.29) is 11.8 Å². The van der Waals surface area contributed by atoms with Crippen LogP contribution in [0.2, 0.25) is 0 Å². The molecule has 126 valence electrons. The topological polar surface area (TPSA) is 37.4 Å². The number of rotatable bonds is 6. The molecule has 0 N–H and O–H groups in total. The van der Waals surface area contributed by atoms with Crippen molar-refractivity contribution in [2.75, 3.05) is 6.54 Å². The largest absolute Gasteiger partial charge is 0.274 e. The van der Waals surface area contributed by atoms with Crippen molar-refractivity contribution in [2.45, 2.75) is 39.5 Å². The van der Waals surface area contributed by atoms with E-state index in [1.807, 2.05) is 30.3 Å². The fourth-order valence-electron chi connectivity index (χ4n) is 3.31. The van der Waals surface area contributed by atoms with Crippen LogP contribution in [-0.2, 0) is 0 Å². The van der Waals surface area contributed by atoms with Gasteiger partial charge in [0.15, 0.2) is 0 Å². The van der Waals surface area contributed by atoms with Gasteiger partial charge in [0.05, 0.1) is 0 Å². The molecular weight excluding hydrogens is 366 g/mol. The fourth-order valence-corrected chi connectivity index (χ4v) is 3.78. The maximum absolute atomic E-state index is 12.8. The van der Waals surface area contributed by atoms with Gasteiger partial charge < -0.3 is 0 Å². The molecule has 3 nitrogen and oxygen atoms in total. The van der Waals surface area contributed by atoms with Crippen molar-refractivity contribution in [3.8, 4) is 0 Å². The Hall–Kier alpha value is -1.68. The third-order valence-corrected chi connectivity index (χ3v) is 5.29. The molecule has 0 unspecified atom stereocenters. The molecule has 0 aliphatic carbocycles. The van der Waals surface area contributed by atoms with Crippen molar-refractivity contribution in [3.63, 3.8) is 0 Å². The van der Waals surface area contributed by atoms with Crippen LogP contribution < -0.4 is 0 Å². The summed E-state index contributed by atoms with van der Waals surface area (Å²) in [5.41, 5.74) is 1.26. The summed E-state index contributed by atoms with van der Waals surface area (Å²) in [4.78, 5) is 27.0. The number of benzene rings is 2. The highest BCUT2D eigenvalue weighted by molar-refractivity contribution is 9.10. The van der Waals surface area contributed by atoms with Crippen LogP contribution in [-0.4, -0.2) is 23.3 Å². The molecule has 0 spiro atoms. The molecule has 0 radical (unpaired) electrons. The quantitative estimate of drug-likeness (QED) is 0.490. The lowest BCUT2D eigenvalue weighted by Crippen LogP contribution is -2.40. The molecule has 0 aromatic heterocycles. The Balaban J connectivity index is 1.82. The summed E-state index contributed by atoms with van der Waals surface area (Å²) in [7, 11) is 0. The first kappa shape index (κ1) is 17.2. The number of halogens is 1. The van der Waals surface area contributed by atoms with Gasteiger partial charge in [0.1, 0.15) is 0 Å². The maximum atomic E-state index is 12.8. The van der Waals surface area contributed by atoms with E-state index in [1.54, 1.807) is 0 Å². The number of imide groups is 1. The minimum atomic E-state index is -0.167. The minimum absolute atomic E-state index is 0.167. The predicted molar refractivity (Wildman–Crippen MR) is 100 cm³/mol. The second-order valence-corrected chi connectivity index (χ2v) is 7.68. The van der Waals surface area contributed by atoms with Crippen LogP contribution in [0.4, 0.5) is 0 Å². The second kappa shape index (κ2) is 7.06. The van der Waals surface area contributed by atoms with E-state index in [4.69, 9.17) is 0 Å². The van der Waals surface area contributed by atoms with Gasteiger partial charge in [-0.05, 0) is 35.9 Å². The smallest absolute Gasteiger partial charge is 0.261 e. The zero-order valence-electron chi connectivity index (χ0n) is 14.1. The van der Waals surface area contributed by atoms with Crippen molar-refractivity contribution >= 4 is 38.5 Å². The summed E-state index contributed by atoms with van der Waals surface area (Å²) in [5, 5.41) is 1.70. The molecule has 24 heavy (non-hydrogen) atoms. The summed E-state index contributed by atoms with van der Waals surface area (Å²) >= 11 is 3.51. The Kier molecular flexibility index (Phi) is 5.04. The van der Waals surface area contributed by atoms with E-state index in [9.17, 15) is 9.59 Å². The highest BCUT2D eigenvalue weighted by Gasteiger charge is 2.32. The molecule has 0 bridgehead atoms. The van der Waals surface area contributed by atoms with Gasteiger partial charge >= 0.3 is 0 Å². The van der Waals surface area contributed by atoms with Gasteiger partial charge in [0, 0.05) is 27.5 Å². The molecule has 1 aliphatic heterocycles. The molecule has 0 saturated carbocycles. The molecule has 2 aromatic carbocycles. The summed E-state index contributed by atoms with van der Waals surface area (Å²) in [6.07, 6.45) is 4.25. The molecule has 1 heterocycles. The molecule has 0 saturated heterocycles. The predicted octanol–water partition coefficient (Wildman–Crippen LogP) is 5.41. The Morgan fingerprint density at radius 1 is 0.958 bits per heavy atom. The lowest BCUT2D eigenvalue weighted by molar-refractivity contribution is 0.0607. The van der Waals surface area contributed by atoms with Gasteiger partial charge in [-0.25, -0.2) is 0 Å². The van der Waals surface area contributed by atoms with Gasteiger partial charge in [-0.2, -0.15) is 0 Å². The van der Waals surface area contributed by atoms with Crippen molar-refractivity contribution in [1.29, 1.82) is 0 Å². The van der Waals surface area contributed by atoms with E-state index >= 15 is 0 Å². The van der Waals surface area contributed by atoms with Crippen LogP contribution in [0, 0.1) is 5.92 Å². The van der Waals surface area contributed by atoms with Crippen LogP contribution in [0.25, 0.3) is 10.8 Å². The van der Waals surface area contributed by atoms with Crippen molar-refractivity contribution in [2.24, 2.45) is 5.92 Å². The first-order chi connectivity index (χ1) is 11.5. The van der Waals surface area contributed by atoms with Crippen LogP contribution in [0.1, 0.15) is 60.2 Å². The van der Waals surface area contributed by atoms with Gasteiger partial charge in [-0.15, -0.1) is 0 Å². The van der Waals surface area contributed by atoms with Gasteiger partial charge in [-0.1, -0.05) is 61.2 Å². The van der Waals surface area contributed by atoms with E-state index in [2.05, 4.69) is 29.8 Å². The molecular formula is C20H22BrNO2. The normalized spacial score (nSPS) is 14.1. The third kappa shape index (κ3) is 3.12. The van der Waals surface area contributed by atoms with E-state index < -0.39 is 0 Å². The Bertz CT molecular complexity index is 775. The summed E-state index contributed by atoms with van der Waals surface area (Å²) < 4.78 is 0.908. The Morgan fingerprint density at radius 2 is 1.67 bits per heavy atom. The number of unbranched alkanes of at least 4 members (excludes halogenated alkanes) is 2. The van der Waals surface area contributed by atoms with Crippen molar-refractivity contribution in [3.05, 3.63) is 45.9 Å². The highest BCUT2D eigenvalue weighted by Crippen LogP contribution is 2.34. The van der Waals surface area contributed by atoms with Crippen molar-refractivity contribution in [1.82, 2.24) is 4.90 Å². The summed E-state index contributed by atoms with van der Waals surface area (Å²) in [5.74, 6) is 0.367. The molecule has 1 aliphatic rings. The number of carbonyl (C=O) groups excluding carboxylic acids is 2. The molecule has 0 atom stereocenters. The number of hydrogen-bond donors (Lipinski definition) is 0. The molecule has 2 amide bonds. The molecule has 4 heteroatoms. The zero-order valence-corrected chi connectivity index (χ0v) is 15.7. The summed E-state index contributed by atoms with van der Waals surface area (Å²) in [6.45, 7) is 4.93. The second-order valence-electron chi connectivity index (χ2n) is 6.83. The van der Waals surface area contributed by atoms with Gasteiger partial charge in [-0.3, -0.25) is 14.5 Å². The first-order valence-electron chi connectivity index (χ1n) is 8.58. The van der Waals surface area contributed by atoms with Gasteiger partial charge in [0.2, 0.25) is 0 Å².